The number of pyridine rings is 1. The van der Waals surface area contributed by atoms with Crippen LogP contribution in [0.3, 0.4) is 0 Å². The zero-order valence-corrected chi connectivity index (χ0v) is 17.5. The van der Waals surface area contributed by atoms with Gasteiger partial charge in [-0.25, -0.2) is 4.68 Å². The third-order valence-electron chi connectivity index (χ3n) is 5.31. The average molecular weight is 419 g/mol. The minimum Gasteiger partial charge on any atom is -0.395 e. The van der Waals surface area contributed by atoms with Crippen molar-refractivity contribution < 1.29 is 5.11 Å². The van der Waals surface area contributed by atoms with Crippen LogP contribution in [0, 0.1) is 6.92 Å². The Labute approximate surface area is 180 Å². The molecule has 0 amide bonds. The van der Waals surface area contributed by atoms with E-state index in [4.69, 9.17) is 0 Å². The number of aromatic amines is 1. The first-order chi connectivity index (χ1) is 15.1. The minimum atomic E-state index is -0.121. The Bertz CT molecular complexity index is 1200. The number of benzene rings is 2. The smallest absolute Gasteiger partial charge is 0.252 e. The van der Waals surface area contributed by atoms with Gasteiger partial charge < -0.3 is 10.1 Å². The van der Waals surface area contributed by atoms with Gasteiger partial charge in [0.25, 0.3) is 5.56 Å². The second-order valence-corrected chi connectivity index (χ2v) is 7.70. The van der Waals surface area contributed by atoms with Crippen molar-refractivity contribution in [1.29, 1.82) is 0 Å². The van der Waals surface area contributed by atoms with Gasteiger partial charge in [-0.05, 0) is 52.4 Å². The van der Waals surface area contributed by atoms with Gasteiger partial charge in [-0.3, -0.25) is 9.69 Å². The van der Waals surface area contributed by atoms with E-state index in [9.17, 15) is 9.90 Å². The van der Waals surface area contributed by atoms with Crippen molar-refractivity contribution in [3.05, 3.63) is 87.5 Å². The maximum Gasteiger partial charge on any atom is 0.252 e. The predicted molar refractivity (Wildman–Crippen MR) is 118 cm³/mol. The van der Waals surface area contributed by atoms with Gasteiger partial charge in [0.15, 0.2) is 5.82 Å². The van der Waals surface area contributed by atoms with Crippen molar-refractivity contribution in [3.63, 3.8) is 0 Å². The van der Waals surface area contributed by atoms with E-state index < -0.39 is 0 Å². The number of H-pyrrole nitrogens is 1. The molecule has 8 heteroatoms. The average Bonchev–Trinajstić information content (AvgIpc) is 3.21. The maximum absolute atomic E-state index is 12.6. The van der Waals surface area contributed by atoms with Crippen molar-refractivity contribution in [2.24, 2.45) is 0 Å². The molecule has 0 radical (unpaired) electrons. The van der Waals surface area contributed by atoms with Crippen LogP contribution in [0.1, 0.15) is 22.5 Å². The molecule has 160 valence electrons. The maximum atomic E-state index is 12.6. The Morgan fingerprint density at radius 3 is 2.74 bits per heavy atom. The summed E-state index contributed by atoms with van der Waals surface area (Å²) < 4.78 is 1.78. The molecule has 0 aliphatic heterocycles. The molecule has 2 heterocycles. The number of hydrogen-bond acceptors (Lipinski definition) is 6. The molecule has 0 unspecified atom stereocenters. The standard InChI is InChI=1S/C23H26N6O2/c1-17-7-8-19-14-20(23(31)24-21(19)13-17)15-28(11-12-30)16-22-25-26-27-29(22)10-9-18-5-3-2-4-6-18/h2-8,13-14,30H,9-12,15-16H2,1H3,(H,24,31). The lowest BCUT2D eigenvalue weighted by Crippen LogP contribution is -2.30. The monoisotopic (exact) mass is 418 g/mol. The van der Waals surface area contributed by atoms with Gasteiger partial charge >= 0.3 is 0 Å². The number of aryl methyl sites for hydroxylation is 3. The van der Waals surface area contributed by atoms with E-state index in [1.165, 1.54) is 5.56 Å². The molecule has 0 spiro atoms. The third-order valence-corrected chi connectivity index (χ3v) is 5.31. The van der Waals surface area contributed by atoms with E-state index in [1.807, 2.05) is 54.3 Å². The molecule has 2 aromatic heterocycles. The van der Waals surface area contributed by atoms with Crippen LogP contribution >= 0.6 is 0 Å². The first kappa shape index (κ1) is 20.9. The van der Waals surface area contributed by atoms with Crippen LogP contribution in [0.4, 0.5) is 0 Å². The molecule has 0 saturated heterocycles. The van der Waals surface area contributed by atoms with Gasteiger partial charge in [0.2, 0.25) is 0 Å². The lowest BCUT2D eigenvalue weighted by atomic mass is 10.1. The Morgan fingerprint density at radius 2 is 1.94 bits per heavy atom. The van der Waals surface area contributed by atoms with Crippen molar-refractivity contribution in [1.82, 2.24) is 30.1 Å². The molecule has 0 aliphatic carbocycles. The highest BCUT2D eigenvalue weighted by atomic mass is 16.3. The summed E-state index contributed by atoms with van der Waals surface area (Å²) in [6.07, 6.45) is 0.822. The SMILES string of the molecule is Cc1ccc2cc(CN(CCO)Cc3nnnn3CCc3ccccc3)c(=O)[nH]c2c1. The highest BCUT2D eigenvalue weighted by Gasteiger charge is 2.15. The number of tetrazole rings is 1. The normalized spacial score (nSPS) is 11.5. The Morgan fingerprint density at radius 1 is 1.10 bits per heavy atom. The number of nitrogens with zero attached hydrogens (tertiary/aromatic N) is 5. The summed E-state index contributed by atoms with van der Waals surface area (Å²) >= 11 is 0. The van der Waals surface area contributed by atoms with Crippen molar-refractivity contribution >= 4 is 10.9 Å². The number of fused-ring (bicyclic) bond motifs is 1. The van der Waals surface area contributed by atoms with Crippen molar-refractivity contribution in [2.75, 3.05) is 13.2 Å². The van der Waals surface area contributed by atoms with E-state index in [1.54, 1.807) is 4.68 Å². The number of aliphatic hydroxyl groups is 1. The van der Waals surface area contributed by atoms with Crippen LogP contribution < -0.4 is 5.56 Å². The molecule has 0 atom stereocenters. The third kappa shape index (κ3) is 5.22. The number of hydrogen-bond donors (Lipinski definition) is 2. The molecule has 4 aromatic rings. The summed E-state index contributed by atoms with van der Waals surface area (Å²) in [6, 6.07) is 18.1. The number of rotatable bonds is 9. The second-order valence-electron chi connectivity index (χ2n) is 7.70. The minimum absolute atomic E-state index is 0.0176. The van der Waals surface area contributed by atoms with Crippen LogP contribution in [0.25, 0.3) is 10.9 Å². The fourth-order valence-electron chi connectivity index (χ4n) is 3.66. The molecule has 2 aromatic carbocycles. The van der Waals surface area contributed by atoms with Crippen molar-refractivity contribution in [3.8, 4) is 0 Å². The van der Waals surface area contributed by atoms with E-state index in [-0.39, 0.29) is 12.2 Å². The summed E-state index contributed by atoms with van der Waals surface area (Å²) in [5.41, 5.74) is 3.67. The van der Waals surface area contributed by atoms with Crippen LogP contribution in [0.5, 0.6) is 0 Å². The largest absolute Gasteiger partial charge is 0.395 e. The molecular weight excluding hydrogens is 392 g/mol. The van der Waals surface area contributed by atoms with E-state index in [0.717, 1.165) is 22.9 Å². The van der Waals surface area contributed by atoms with Crippen LogP contribution in [0.2, 0.25) is 0 Å². The van der Waals surface area contributed by atoms with Gasteiger partial charge in [0, 0.05) is 30.7 Å². The van der Waals surface area contributed by atoms with Crippen LogP contribution in [-0.2, 0) is 26.1 Å². The Balaban J connectivity index is 1.50. The summed E-state index contributed by atoms with van der Waals surface area (Å²) in [7, 11) is 0. The fraction of sp³-hybridized carbons (Fsp3) is 0.304. The molecule has 0 bridgehead atoms. The van der Waals surface area contributed by atoms with E-state index in [2.05, 4.69) is 32.6 Å². The van der Waals surface area contributed by atoms with E-state index in [0.29, 0.717) is 37.6 Å². The van der Waals surface area contributed by atoms with Gasteiger partial charge in [-0.1, -0.05) is 42.5 Å². The van der Waals surface area contributed by atoms with Crippen LogP contribution in [-0.4, -0.2) is 48.3 Å². The Kier molecular flexibility index (Phi) is 6.49. The quantitative estimate of drug-likeness (QED) is 0.432. The van der Waals surface area contributed by atoms with Gasteiger partial charge in [0.05, 0.1) is 13.2 Å². The van der Waals surface area contributed by atoms with Crippen molar-refractivity contribution in [2.45, 2.75) is 33.0 Å². The highest BCUT2D eigenvalue weighted by molar-refractivity contribution is 5.79. The number of nitrogens with one attached hydrogen (secondary N) is 1. The molecule has 2 N–H and O–H groups in total. The van der Waals surface area contributed by atoms with Gasteiger partial charge in [-0.15, -0.1) is 5.10 Å². The molecule has 0 aliphatic rings. The lowest BCUT2D eigenvalue weighted by molar-refractivity contribution is 0.178. The highest BCUT2D eigenvalue weighted by Crippen LogP contribution is 2.15. The topological polar surface area (TPSA) is 99.9 Å². The summed E-state index contributed by atoms with van der Waals surface area (Å²) in [5, 5.41) is 22.6. The van der Waals surface area contributed by atoms with Gasteiger partial charge in [0.1, 0.15) is 0 Å². The predicted octanol–water partition coefficient (Wildman–Crippen LogP) is 2.06. The van der Waals surface area contributed by atoms with Gasteiger partial charge in [-0.2, -0.15) is 0 Å². The zero-order chi connectivity index (χ0) is 21.6. The summed E-state index contributed by atoms with van der Waals surface area (Å²) in [5.74, 6) is 0.706. The summed E-state index contributed by atoms with van der Waals surface area (Å²) in [6.45, 7) is 3.89. The first-order valence-corrected chi connectivity index (χ1v) is 10.4. The second kappa shape index (κ2) is 9.63. The molecule has 8 nitrogen and oxygen atoms in total. The number of aliphatic hydroxyl groups excluding tert-OH is 1. The summed E-state index contributed by atoms with van der Waals surface area (Å²) in [4.78, 5) is 17.6. The molecule has 0 saturated carbocycles. The molecular formula is C23H26N6O2. The Hall–Kier alpha value is -3.36. The van der Waals surface area contributed by atoms with Crippen LogP contribution in [0.15, 0.2) is 59.4 Å². The molecule has 0 fully saturated rings. The van der Waals surface area contributed by atoms with E-state index >= 15 is 0 Å². The fourth-order valence-corrected chi connectivity index (χ4v) is 3.66. The first-order valence-electron chi connectivity index (χ1n) is 10.4. The zero-order valence-electron chi connectivity index (χ0n) is 17.5. The number of aromatic nitrogens is 5. The molecule has 4 rings (SSSR count). The molecule has 31 heavy (non-hydrogen) atoms. The lowest BCUT2D eigenvalue weighted by Gasteiger charge is -2.20.